The van der Waals surface area contributed by atoms with Crippen molar-refractivity contribution in [2.45, 2.75) is 17.9 Å². The fraction of sp³-hybridized carbons (Fsp3) is 0.250. The van der Waals surface area contributed by atoms with Crippen molar-refractivity contribution in [3.05, 3.63) is 18.2 Å². The lowest BCUT2D eigenvalue weighted by Crippen LogP contribution is -2.17. The Morgan fingerprint density at radius 3 is 2.19 bits per heavy atom. The molecule has 16 heavy (non-hydrogen) atoms. The molecule has 0 spiro atoms. The molecule has 1 rings (SSSR count). The fourth-order valence-electron chi connectivity index (χ4n) is 0.900. The van der Waals surface area contributed by atoms with E-state index in [1.807, 2.05) is 0 Å². The Labute approximate surface area is 92.4 Å². The lowest BCUT2D eigenvalue weighted by molar-refractivity contribution is -0.275. The maximum Gasteiger partial charge on any atom is 0.573 e. The Morgan fingerprint density at radius 1 is 1.12 bits per heavy atom. The van der Waals surface area contributed by atoms with Gasteiger partial charge in [-0.1, -0.05) is 6.07 Å². The van der Waals surface area contributed by atoms with Gasteiger partial charge in [-0.3, -0.25) is 0 Å². The Hall–Kier alpha value is -1.18. The highest BCUT2D eigenvalue weighted by molar-refractivity contribution is 7.80. The van der Waals surface area contributed by atoms with Crippen LogP contribution >= 0.6 is 12.6 Å². The van der Waals surface area contributed by atoms with Crippen molar-refractivity contribution in [3.63, 3.8) is 0 Å². The van der Waals surface area contributed by atoms with Gasteiger partial charge in [0.1, 0.15) is 11.5 Å². The van der Waals surface area contributed by atoms with Crippen LogP contribution in [0.1, 0.15) is 0 Å². The van der Waals surface area contributed by atoms with Crippen LogP contribution in [-0.2, 0) is 0 Å². The molecule has 0 fully saturated rings. The van der Waals surface area contributed by atoms with Crippen molar-refractivity contribution in [2.75, 3.05) is 0 Å². The molecule has 1 aromatic carbocycles. The van der Waals surface area contributed by atoms with Crippen molar-refractivity contribution in [2.24, 2.45) is 0 Å². The molecular formula is C8H5F5O2S. The van der Waals surface area contributed by atoms with Crippen LogP contribution in [0.15, 0.2) is 23.1 Å². The van der Waals surface area contributed by atoms with E-state index in [1.54, 1.807) is 0 Å². The van der Waals surface area contributed by atoms with E-state index < -0.39 is 29.4 Å². The fourth-order valence-corrected chi connectivity index (χ4v) is 1.15. The lowest BCUT2D eigenvalue weighted by Gasteiger charge is -2.13. The smallest absolute Gasteiger partial charge is 0.434 e. The second-order valence-electron chi connectivity index (χ2n) is 2.53. The molecule has 0 atom stereocenters. The van der Waals surface area contributed by atoms with Crippen molar-refractivity contribution in [3.8, 4) is 11.5 Å². The molecule has 0 unspecified atom stereocenters. The zero-order valence-corrected chi connectivity index (χ0v) is 8.36. The highest BCUT2D eigenvalue weighted by atomic mass is 32.1. The van der Waals surface area contributed by atoms with Gasteiger partial charge in [0.25, 0.3) is 0 Å². The third-order valence-corrected chi connectivity index (χ3v) is 1.84. The van der Waals surface area contributed by atoms with Crippen LogP contribution in [0.5, 0.6) is 11.5 Å². The zero-order valence-electron chi connectivity index (χ0n) is 7.46. The molecule has 0 saturated carbocycles. The molecular weight excluding hydrogens is 255 g/mol. The number of hydrogen-bond acceptors (Lipinski definition) is 3. The predicted octanol–water partition coefficient (Wildman–Crippen LogP) is 3.48. The number of hydrogen-bond donors (Lipinski definition) is 1. The van der Waals surface area contributed by atoms with Gasteiger partial charge in [-0.15, -0.1) is 25.8 Å². The van der Waals surface area contributed by atoms with Crippen molar-refractivity contribution < 1.29 is 31.4 Å². The average molecular weight is 260 g/mol. The van der Waals surface area contributed by atoms with E-state index in [1.165, 1.54) is 0 Å². The van der Waals surface area contributed by atoms with Gasteiger partial charge in [0.15, 0.2) is 0 Å². The van der Waals surface area contributed by atoms with E-state index in [0.29, 0.717) is 0 Å². The van der Waals surface area contributed by atoms with Crippen LogP contribution in [0, 0.1) is 0 Å². The standard InChI is InChI=1S/C8H5F5O2S/c9-7(10)14-4-2-1-3-5(6(4)16)15-8(11,12)13/h1-3,7,16H. The van der Waals surface area contributed by atoms with Gasteiger partial charge in [-0.05, 0) is 12.1 Å². The molecule has 2 nitrogen and oxygen atoms in total. The summed E-state index contributed by atoms with van der Waals surface area (Å²) in [6.07, 6.45) is -4.92. The summed E-state index contributed by atoms with van der Waals surface area (Å²) >= 11 is 3.61. The van der Waals surface area contributed by atoms with Crippen LogP contribution in [0.2, 0.25) is 0 Å². The van der Waals surface area contributed by atoms with Crippen LogP contribution in [-0.4, -0.2) is 13.0 Å². The monoisotopic (exact) mass is 260 g/mol. The third kappa shape index (κ3) is 3.76. The number of rotatable bonds is 3. The van der Waals surface area contributed by atoms with E-state index in [0.717, 1.165) is 18.2 Å². The van der Waals surface area contributed by atoms with E-state index in [-0.39, 0.29) is 0 Å². The summed E-state index contributed by atoms with van der Waals surface area (Å²) in [6.45, 7) is -3.15. The van der Waals surface area contributed by atoms with Gasteiger partial charge in [-0.25, -0.2) is 0 Å². The minimum absolute atomic E-state index is 0.444. The van der Waals surface area contributed by atoms with E-state index in [9.17, 15) is 22.0 Å². The summed E-state index contributed by atoms with van der Waals surface area (Å²) < 4.78 is 66.8. The van der Waals surface area contributed by atoms with E-state index in [4.69, 9.17) is 0 Å². The van der Waals surface area contributed by atoms with Crippen molar-refractivity contribution >= 4 is 12.6 Å². The van der Waals surface area contributed by atoms with Crippen molar-refractivity contribution in [1.82, 2.24) is 0 Å². The largest absolute Gasteiger partial charge is 0.573 e. The molecule has 0 aliphatic heterocycles. The summed E-state index contributed by atoms with van der Waals surface area (Å²) in [5.41, 5.74) is 0. The van der Waals surface area contributed by atoms with Crippen LogP contribution < -0.4 is 9.47 Å². The minimum atomic E-state index is -4.92. The average Bonchev–Trinajstić information content (AvgIpc) is 2.09. The van der Waals surface area contributed by atoms with Crippen LogP contribution in [0.25, 0.3) is 0 Å². The number of benzene rings is 1. The lowest BCUT2D eigenvalue weighted by atomic mass is 10.3. The first kappa shape index (κ1) is 12.9. The quantitative estimate of drug-likeness (QED) is 0.662. The third-order valence-electron chi connectivity index (χ3n) is 1.40. The van der Waals surface area contributed by atoms with Gasteiger partial charge < -0.3 is 9.47 Å². The Balaban J connectivity index is 2.95. The first-order chi connectivity index (χ1) is 7.29. The second-order valence-corrected chi connectivity index (χ2v) is 2.98. The number of thiol groups is 1. The SMILES string of the molecule is FC(F)Oc1cccc(OC(F)(F)F)c1S. The minimum Gasteiger partial charge on any atom is -0.434 e. The van der Waals surface area contributed by atoms with Crippen LogP contribution in [0.3, 0.4) is 0 Å². The normalized spacial score (nSPS) is 11.7. The molecule has 8 heteroatoms. The number of halogens is 5. The summed E-state index contributed by atoms with van der Waals surface area (Å²) in [4.78, 5) is -0.444. The highest BCUT2D eigenvalue weighted by Crippen LogP contribution is 2.35. The molecule has 0 heterocycles. The summed E-state index contributed by atoms with van der Waals surface area (Å²) in [6, 6.07) is 3.07. The summed E-state index contributed by atoms with van der Waals surface area (Å²) in [5.74, 6) is -1.19. The molecule has 0 aliphatic carbocycles. The first-order valence-corrected chi connectivity index (χ1v) is 4.27. The van der Waals surface area contributed by atoms with Crippen LogP contribution in [0.4, 0.5) is 22.0 Å². The second kappa shape index (κ2) is 4.77. The van der Waals surface area contributed by atoms with Crippen molar-refractivity contribution in [1.29, 1.82) is 0 Å². The maximum absolute atomic E-state index is 11.9. The molecule has 0 N–H and O–H groups in total. The Kier molecular flexibility index (Phi) is 3.84. The predicted molar refractivity (Wildman–Crippen MR) is 47.0 cm³/mol. The number of alkyl halides is 5. The van der Waals surface area contributed by atoms with Gasteiger partial charge in [0.2, 0.25) is 0 Å². The highest BCUT2D eigenvalue weighted by Gasteiger charge is 2.32. The molecule has 90 valence electrons. The molecule has 0 saturated heterocycles. The molecule has 0 radical (unpaired) electrons. The van der Waals surface area contributed by atoms with E-state index in [2.05, 4.69) is 22.1 Å². The summed E-state index contributed by atoms with van der Waals surface area (Å²) in [5, 5.41) is 0. The Morgan fingerprint density at radius 2 is 1.69 bits per heavy atom. The Bertz CT molecular complexity index is 366. The molecule has 0 amide bonds. The maximum atomic E-state index is 11.9. The van der Waals surface area contributed by atoms with Gasteiger partial charge in [0.05, 0.1) is 4.90 Å². The summed E-state index contributed by atoms with van der Waals surface area (Å²) in [7, 11) is 0. The molecule has 1 aromatic rings. The first-order valence-electron chi connectivity index (χ1n) is 3.82. The van der Waals surface area contributed by atoms with Gasteiger partial charge in [-0.2, -0.15) is 8.78 Å². The topological polar surface area (TPSA) is 18.5 Å². The zero-order chi connectivity index (χ0) is 12.3. The van der Waals surface area contributed by atoms with Gasteiger partial charge >= 0.3 is 13.0 Å². The van der Waals surface area contributed by atoms with E-state index >= 15 is 0 Å². The molecule has 0 aromatic heterocycles. The molecule has 0 bridgehead atoms. The molecule has 0 aliphatic rings. The number of ether oxygens (including phenoxy) is 2. The van der Waals surface area contributed by atoms with Gasteiger partial charge in [0, 0.05) is 0 Å².